The summed E-state index contributed by atoms with van der Waals surface area (Å²) in [6, 6.07) is 14.8. The number of hydrogen-bond donors (Lipinski definition) is 2. The molecule has 2 aromatic rings. The first-order valence-corrected chi connectivity index (χ1v) is 8.60. The Morgan fingerprint density at radius 3 is 2.35 bits per heavy atom. The summed E-state index contributed by atoms with van der Waals surface area (Å²) in [4.78, 5) is 12.3. The zero-order chi connectivity index (χ0) is 16.8. The lowest BCUT2D eigenvalue weighted by molar-refractivity contribution is -0.123. The van der Waals surface area contributed by atoms with Crippen molar-refractivity contribution in [3.8, 4) is 0 Å². The number of carbonyl (C=O) groups is 1. The van der Waals surface area contributed by atoms with Gasteiger partial charge in [0.15, 0.2) is 0 Å². The molecule has 124 valence electrons. The number of fused-ring (bicyclic) bond motifs is 1. The Kier molecular flexibility index (Phi) is 6.17. The first kappa shape index (κ1) is 17.5. The van der Waals surface area contributed by atoms with E-state index in [1.807, 2.05) is 6.92 Å². The molecule has 0 aliphatic carbocycles. The van der Waals surface area contributed by atoms with Crippen LogP contribution in [-0.4, -0.2) is 18.0 Å². The lowest BCUT2D eigenvalue weighted by Crippen LogP contribution is -2.46. The van der Waals surface area contributed by atoms with Crippen LogP contribution in [0.5, 0.6) is 0 Å². The summed E-state index contributed by atoms with van der Waals surface area (Å²) in [6.07, 6.45) is 1.93. The van der Waals surface area contributed by atoms with Crippen LogP contribution in [0.3, 0.4) is 0 Å². The standard InChI is InChI=1S/C20H28N2O/c1-5-17(6-2)22-20(23)15(4)21-14(3)18-13-9-11-16-10-7-8-12-19(16)18/h7-15,17,21H,5-6H2,1-4H3,(H,22,23). The molecule has 0 aromatic heterocycles. The average Bonchev–Trinajstić information content (AvgIpc) is 2.58. The molecule has 0 saturated heterocycles. The quantitative estimate of drug-likeness (QED) is 0.805. The van der Waals surface area contributed by atoms with Crippen molar-refractivity contribution in [1.82, 2.24) is 10.6 Å². The van der Waals surface area contributed by atoms with E-state index in [1.54, 1.807) is 0 Å². The van der Waals surface area contributed by atoms with Crippen molar-refractivity contribution in [3.05, 3.63) is 48.0 Å². The minimum Gasteiger partial charge on any atom is -0.352 e. The zero-order valence-electron chi connectivity index (χ0n) is 14.6. The van der Waals surface area contributed by atoms with Crippen molar-refractivity contribution in [2.45, 2.75) is 58.7 Å². The Balaban J connectivity index is 2.08. The van der Waals surface area contributed by atoms with Gasteiger partial charge in [0.25, 0.3) is 0 Å². The Bertz CT molecular complexity index is 644. The summed E-state index contributed by atoms with van der Waals surface area (Å²) >= 11 is 0. The van der Waals surface area contributed by atoms with Gasteiger partial charge in [0.2, 0.25) is 5.91 Å². The second-order valence-electron chi connectivity index (χ2n) is 6.20. The lowest BCUT2D eigenvalue weighted by Gasteiger charge is -2.23. The largest absolute Gasteiger partial charge is 0.352 e. The van der Waals surface area contributed by atoms with Crippen molar-refractivity contribution >= 4 is 16.7 Å². The van der Waals surface area contributed by atoms with Crippen LogP contribution in [0.2, 0.25) is 0 Å². The topological polar surface area (TPSA) is 41.1 Å². The summed E-state index contributed by atoms with van der Waals surface area (Å²) in [5.74, 6) is 0.0748. The SMILES string of the molecule is CCC(CC)NC(=O)C(C)NC(C)c1cccc2ccccc12. The first-order chi connectivity index (χ1) is 11.1. The Morgan fingerprint density at radius 2 is 1.65 bits per heavy atom. The van der Waals surface area contributed by atoms with E-state index < -0.39 is 0 Å². The third kappa shape index (κ3) is 4.32. The van der Waals surface area contributed by atoms with Gasteiger partial charge in [0.05, 0.1) is 6.04 Å². The summed E-state index contributed by atoms with van der Waals surface area (Å²) in [5.41, 5.74) is 1.23. The van der Waals surface area contributed by atoms with E-state index in [0.717, 1.165) is 12.8 Å². The molecule has 0 aliphatic heterocycles. The van der Waals surface area contributed by atoms with E-state index in [-0.39, 0.29) is 24.0 Å². The maximum atomic E-state index is 12.3. The van der Waals surface area contributed by atoms with Gasteiger partial charge in [-0.25, -0.2) is 0 Å². The molecule has 0 radical (unpaired) electrons. The van der Waals surface area contributed by atoms with Crippen LogP contribution in [0.1, 0.15) is 52.1 Å². The van der Waals surface area contributed by atoms with Gasteiger partial charge in [0.1, 0.15) is 0 Å². The molecule has 23 heavy (non-hydrogen) atoms. The number of carbonyl (C=O) groups excluding carboxylic acids is 1. The minimum atomic E-state index is -0.218. The van der Waals surface area contributed by atoms with Crippen LogP contribution in [0, 0.1) is 0 Å². The third-order valence-electron chi connectivity index (χ3n) is 4.52. The second kappa shape index (κ2) is 8.11. The maximum absolute atomic E-state index is 12.3. The van der Waals surface area contributed by atoms with Gasteiger partial charge in [-0.05, 0) is 43.0 Å². The molecule has 0 saturated carbocycles. The molecule has 3 nitrogen and oxygen atoms in total. The van der Waals surface area contributed by atoms with Gasteiger partial charge in [-0.3, -0.25) is 10.1 Å². The molecule has 2 rings (SSSR count). The monoisotopic (exact) mass is 312 g/mol. The smallest absolute Gasteiger partial charge is 0.237 e. The highest BCUT2D eigenvalue weighted by Crippen LogP contribution is 2.24. The first-order valence-electron chi connectivity index (χ1n) is 8.60. The van der Waals surface area contributed by atoms with Gasteiger partial charge in [-0.2, -0.15) is 0 Å². The fourth-order valence-corrected chi connectivity index (χ4v) is 2.99. The van der Waals surface area contributed by atoms with Crippen molar-refractivity contribution in [3.63, 3.8) is 0 Å². The molecule has 2 aromatic carbocycles. The molecule has 0 fully saturated rings. The zero-order valence-corrected chi connectivity index (χ0v) is 14.6. The molecule has 0 bridgehead atoms. The number of hydrogen-bond acceptors (Lipinski definition) is 2. The molecule has 3 heteroatoms. The van der Waals surface area contributed by atoms with E-state index in [0.29, 0.717) is 0 Å². The predicted octanol–water partition coefficient (Wildman–Crippen LogP) is 4.18. The van der Waals surface area contributed by atoms with E-state index in [1.165, 1.54) is 16.3 Å². The second-order valence-corrected chi connectivity index (χ2v) is 6.20. The summed E-state index contributed by atoms with van der Waals surface area (Å²) < 4.78 is 0. The molecule has 2 N–H and O–H groups in total. The van der Waals surface area contributed by atoms with Crippen molar-refractivity contribution in [1.29, 1.82) is 0 Å². The summed E-state index contributed by atoms with van der Waals surface area (Å²) in [6.45, 7) is 8.25. The molecule has 1 amide bonds. The van der Waals surface area contributed by atoms with Crippen molar-refractivity contribution in [2.75, 3.05) is 0 Å². The van der Waals surface area contributed by atoms with Crippen LogP contribution < -0.4 is 10.6 Å². The van der Waals surface area contributed by atoms with Gasteiger partial charge in [-0.1, -0.05) is 56.3 Å². The molecule has 0 aliphatic rings. The molecule has 0 spiro atoms. The van der Waals surface area contributed by atoms with Crippen LogP contribution >= 0.6 is 0 Å². The third-order valence-corrected chi connectivity index (χ3v) is 4.52. The Hall–Kier alpha value is -1.87. The summed E-state index contributed by atoms with van der Waals surface area (Å²) in [5, 5.41) is 9.01. The fourth-order valence-electron chi connectivity index (χ4n) is 2.99. The van der Waals surface area contributed by atoms with Gasteiger partial charge < -0.3 is 5.32 Å². The maximum Gasteiger partial charge on any atom is 0.237 e. The van der Waals surface area contributed by atoms with Crippen molar-refractivity contribution in [2.24, 2.45) is 0 Å². The van der Waals surface area contributed by atoms with E-state index in [4.69, 9.17) is 0 Å². The molecule has 2 unspecified atom stereocenters. The normalized spacial score (nSPS) is 14.0. The van der Waals surface area contributed by atoms with Gasteiger partial charge >= 0.3 is 0 Å². The lowest BCUT2D eigenvalue weighted by atomic mass is 9.99. The number of rotatable bonds is 7. The summed E-state index contributed by atoms with van der Waals surface area (Å²) in [7, 11) is 0. The fraction of sp³-hybridized carbons (Fsp3) is 0.450. The van der Waals surface area contributed by atoms with Crippen molar-refractivity contribution < 1.29 is 4.79 Å². The van der Waals surface area contributed by atoms with E-state index in [9.17, 15) is 4.79 Å². The van der Waals surface area contributed by atoms with E-state index in [2.05, 4.69) is 73.9 Å². The number of benzene rings is 2. The van der Waals surface area contributed by atoms with Crippen LogP contribution in [0.25, 0.3) is 10.8 Å². The minimum absolute atomic E-state index is 0.0748. The van der Waals surface area contributed by atoms with E-state index >= 15 is 0 Å². The Morgan fingerprint density at radius 1 is 1.00 bits per heavy atom. The number of nitrogens with one attached hydrogen (secondary N) is 2. The predicted molar refractivity (Wildman–Crippen MR) is 97.5 cm³/mol. The molecular formula is C20H28N2O. The number of amides is 1. The highest BCUT2D eigenvalue weighted by molar-refractivity contribution is 5.86. The van der Waals surface area contributed by atoms with Crippen LogP contribution in [0.4, 0.5) is 0 Å². The molecule has 2 atom stereocenters. The molecule has 0 heterocycles. The Labute approximate surface area is 139 Å². The van der Waals surface area contributed by atoms with Crippen LogP contribution in [-0.2, 0) is 4.79 Å². The highest BCUT2D eigenvalue weighted by atomic mass is 16.2. The highest BCUT2D eigenvalue weighted by Gasteiger charge is 2.19. The average molecular weight is 312 g/mol. The molecular weight excluding hydrogens is 284 g/mol. The van der Waals surface area contributed by atoms with Gasteiger partial charge in [0, 0.05) is 12.1 Å². The van der Waals surface area contributed by atoms with Gasteiger partial charge in [-0.15, -0.1) is 0 Å². The van der Waals surface area contributed by atoms with Crippen LogP contribution in [0.15, 0.2) is 42.5 Å².